The Morgan fingerprint density at radius 3 is 2.40 bits per heavy atom. The highest BCUT2D eigenvalue weighted by Crippen LogP contribution is 2.29. The number of nitrogens with zero attached hydrogens (tertiary/aromatic N) is 2. The van der Waals surface area contributed by atoms with Crippen molar-refractivity contribution in [2.24, 2.45) is 0 Å². The van der Waals surface area contributed by atoms with Crippen molar-refractivity contribution >= 4 is 21.6 Å². The van der Waals surface area contributed by atoms with E-state index in [0.717, 1.165) is 17.5 Å². The molecular formula is C26H26N4O4S. The van der Waals surface area contributed by atoms with Crippen LogP contribution >= 0.6 is 0 Å². The predicted octanol–water partition coefficient (Wildman–Crippen LogP) is 4.42. The molecule has 0 aliphatic rings. The van der Waals surface area contributed by atoms with E-state index >= 15 is 0 Å². The molecule has 0 fully saturated rings. The second-order valence-corrected chi connectivity index (χ2v) is 10.1. The molecule has 0 aliphatic heterocycles. The summed E-state index contributed by atoms with van der Waals surface area (Å²) < 4.78 is 27.1. The van der Waals surface area contributed by atoms with Gasteiger partial charge in [0.1, 0.15) is 11.4 Å². The van der Waals surface area contributed by atoms with Crippen molar-refractivity contribution in [3.63, 3.8) is 0 Å². The quantitative estimate of drug-likeness (QED) is 0.338. The Balaban J connectivity index is 1.45. The molecule has 0 bridgehead atoms. The second-order valence-electron chi connectivity index (χ2n) is 8.10. The van der Waals surface area contributed by atoms with Crippen LogP contribution in [0.2, 0.25) is 0 Å². The monoisotopic (exact) mass is 490 g/mol. The van der Waals surface area contributed by atoms with Gasteiger partial charge in [0.2, 0.25) is 10.0 Å². The summed E-state index contributed by atoms with van der Waals surface area (Å²) in [6.45, 7) is 2.26. The van der Waals surface area contributed by atoms with E-state index in [1.165, 1.54) is 35.6 Å². The largest absolute Gasteiger partial charge is 0.507 e. The van der Waals surface area contributed by atoms with Gasteiger partial charge in [-0.15, -0.1) is 0 Å². The Morgan fingerprint density at radius 2 is 1.71 bits per heavy atom. The molecule has 8 nitrogen and oxygen atoms in total. The van der Waals surface area contributed by atoms with Gasteiger partial charge >= 0.3 is 0 Å². The van der Waals surface area contributed by atoms with E-state index in [-0.39, 0.29) is 22.9 Å². The second kappa shape index (κ2) is 10.1. The Labute approximate surface area is 204 Å². The summed E-state index contributed by atoms with van der Waals surface area (Å²) in [6, 6.07) is 22.2. The van der Waals surface area contributed by atoms with Crippen molar-refractivity contribution in [1.82, 2.24) is 14.5 Å². The average Bonchev–Trinajstić information content (AvgIpc) is 3.35. The molecule has 0 spiro atoms. The van der Waals surface area contributed by atoms with Gasteiger partial charge in [-0.2, -0.15) is 9.40 Å². The molecule has 0 aliphatic carbocycles. The average molecular weight is 491 g/mol. The Morgan fingerprint density at radius 1 is 1.00 bits per heavy atom. The minimum absolute atomic E-state index is 0.0784. The molecule has 4 rings (SSSR count). The van der Waals surface area contributed by atoms with Crippen LogP contribution in [0, 0.1) is 0 Å². The highest BCUT2D eigenvalue weighted by Gasteiger charge is 2.21. The van der Waals surface area contributed by atoms with Crippen LogP contribution < -0.4 is 5.32 Å². The van der Waals surface area contributed by atoms with Gasteiger partial charge in [-0.1, -0.05) is 43.3 Å². The van der Waals surface area contributed by atoms with E-state index in [4.69, 9.17) is 0 Å². The maximum Gasteiger partial charge on any atom is 0.273 e. The number of nitrogens with one attached hydrogen (secondary N) is 2. The first kappa shape index (κ1) is 24.2. The van der Waals surface area contributed by atoms with E-state index in [9.17, 15) is 18.3 Å². The summed E-state index contributed by atoms with van der Waals surface area (Å²) >= 11 is 0. The van der Waals surface area contributed by atoms with Gasteiger partial charge in [0.05, 0.1) is 10.6 Å². The van der Waals surface area contributed by atoms with Crippen LogP contribution in [0.1, 0.15) is 28.5 Å². The van der Waals surface area contributed by atoms with Crippen molar-refractivity contribution in [3.8, 4) is 17.0 Å². The number of hydrogen-bond donors (Lipinski definition) is 3. The molecular weight excluding hydrogens is 464 g/mol. The zero-order valence-electron chi connectivity index (χ0n) is 19.4. The van der Waals surface area contributed by atoms with Crippen LogP contribution in [0.15, 0.2) is 83.8 Å². The van der Waals surface area contributed by atoms with Crippen LogP contribution in [0.3, 0.4) is 0 Å². The summed E-state index contributed by atoms with van der Waals surface area (Å²) in [5, 5.41) is 19.7. The summed E-state index contributed by atoms with van der Waals surface area (Å²) in [5.74, 6) is -0.360. The first-order valence-electron chi connectivity index (χ1n) is 11.1. The molecule has 1 heterocycles. The molecule has 0 saturated heterocycles. The number of phenolic OH excluding ortho intramolecular Hbond substituents is 1. The van der Waals surface area contributed by atoms with Crippen molar-refractivity contribution < 1.29 is 18.3 Å². The number of aromatic nitrogens is 2. The first-order valence-corrected chi connectivity index (χ1v) is 12.5. The van der Waals surface area contributed by atoms with Crippen molar-refractivity contribution in [2.45, 2.75) is 24.8 Å². The molecule has 1 aromatic heterocycles. The molecule has 9 heteroatoms. The fourth-order valence-corrected chi connectivity index (χ4v) is 4.76. The van der Waals surface area contributed by atoms with Gasteiger partial charge < -0.3 is 10.4 Å². The number of aromatic amines is 1. The number of H-pyrrole nitrogens is 1. The summed E-state index contributed by atoms with van der Waals surface area (Å²) in [5.41, 5.74) is 3.55. The number of amides is 1. The van der Waals surface area contributed by atoms with Crippen molar-refractivity contribution in [1.29, 1.82) is 0 Å². The van der Waals surface area contributed by atoms with E-state index < -0.39 is 15.9 Å². The lowest BCUT2D eigenvalue weighted by Gasteiger charge is -2.17. The highest BCUT2D eigenvalue weighted by molar-refractivity contribution is 7.89. The molecule has 180 valence electrons. The summed E-state index contributed by atoms with van der Waals surface area (Å²) in [6.07, 6.45) is 0.804. The number of aryl methyl sites for hydroxylation is 1. The molecule has 0 saturated carbocycles. The van der Waals surface area contributed by atoms with E-state index in [1.807, 2.05) is 49.4 Å². The zero-order valence-corrected chi connectivity index (χ0v) is 20.2. The fourth-order valence-electron chi connectivity index (χ4n) is 3.60. The van der Waals surface area contributed by atoms with Crippen molar-refractivity contribution in [3.05, 3.63) is 95.7 Å². The number of carbonyl (C=O) groups is 1. The molecule has 0 radical (unpaired) electrons. The van der Waals surface area contributed by atoms with Gasteiger partial charge in [-0.05, 0) is 60.0 Å². The van der Waals surface area contributed by atoms with E-state index in [0.29, 0.717) is 16.9 Å². The Bertz CT molecular complexity index is 1430. The standard InChI is InChI=1S/C26H26N4O4S/c1-3-18-9-14-25(31)22(15-18)23-16-24(29-28-23)26(32)27-20-10-12-21(13-11-20)35(33,34)30(2)17-19-7-5-4-6-8-19/h4-16,31H,3,17H2,1-2H3,(H,27,32)(H,28,29). The van der Waals surface area contributed by atoms with Gasteiger partial charge in [-0.3, -0.25) is 9.89 Å². The van der Waals surface area contributed by atoms with Crippen LogP contribution in [0.25, 0.3) is 11.3 Å². The first-order chi connectivity index (χ1) is 16.8. The SMILES string of the molecule is CCc1ccc(O)c(-c2cc(C(=O)Nc3ccc(S(=O)(=O)N(C)Cc4ccccc4)cc3)[nH]n2)c1. The highest BCUT2D eigenvalue weighted by atomic mass is 32.2. The third-order valence-electron chi connectivity index (χ3n) is 5.64. The van der Waals surface area contributed by atoms with Gasteiger partial charge in [0.15, 0.2) is 0 Å². The maximum absolute atomic E-state index is 12.9. The Kier molecular flexibility index (Phi) is 6.99. The number of phenols is 1. The molecule has 4 aromatic rings. The molecule has 35 heavy (non-hydrogen) atoms. The third-order valence-corrected chi connectivity index (χ3v) is 7.45. The van der Waals surface area contributed by atoms with Crippen LogP contribution in [0.4, 0.5) is 5.69 Å². The number of benzene rings is 3. The molecule has 0 unspecified atom stereocenters. The van der Waals surface area contributed by atoms with Crippen molar-refractivity contribution in [2.75, 3.05) is 12.4 Å². The van der Waals surface area contributed by atoms with E-state index in [2.05, 4.69) is 15.5 Å². The van der Waals surface area contributed by atoms with Crippen LogP contribution in [0.5, 0.6) is 5.75 Å². The zero-order chi connectivity index (χ0) is 25.0. The summed E-state index contributed by atoms with van der Waals surface area (Å²) in [7, 11) is -2.16. The Hall–Kier alpha value is -3.95. The molecule has 1 amide bonds. The number of rotatable bonds is 8. The predicted molar refractivity (Wildman–Crippen MR) is 135 cm³/mol. The summed E-state index contributed by atoms with van der Waals surface area (Å²) in [4.78, 5) is 12.8. The lowest BCUT2D eigenvalue weighted by Crippen LogP contribution is -2.26. The van der Waals surface area contributed by atoms with Crippen LogP contribution in [-0.4, -0.2) is 41.0 Å². The third kappa shape index (κ3) is 5.42. The molecule has 3 N–H and O–H groups in total. The van der Waals surface area contributed by atoms with Crippen LogP contribution in [-0.2, 0) is 23.0 Å². The minimum atomic E-state index is -3.69. The number of hydrogen-bond acceptors (Lipinski definition) is 5. The number of sulfonamides is 1. The molecule has 3 aromatic carbocycles. The maximum atomic E-state index is 12.9. The fraction of sp³-hybridized carbons (Fsp3) is 0.154. The van der Waals surface area contributed by atoms with Gasteiger partial charge in [0, 0.05) is 24.8 Å². The minimum Gasteiger partial charge on any atom is -0.507 e. The normalized spacial score (nSPS) is 11.5. The van der Waals surface area contributed by atoms with Gasteiger partial charge in [-0.25, -0.2) is 8.42 Å². The smallest absolute Gasteiger partial charge is 0.273 e. The number of aromatic hydroxyl groups is 1. The number of carbonyl (C=O) groups excluding carboxylic acids is 1. The topological polar surface area (TPSA) is 115 Å². The lowest BCUT2D eigenvalue weighted by molar-refractivity contribution is 0.102. The lowest BCUT2D eigenvalue weighted by atomic mass is 10.1. The van der Waals surface area contributed by atoms with E-state index in [1.54, 1.807) is 12.1 Å². The number of anilines is 1. The van der Waals surface area contributed by atoms with Gasteiger partial charge in [0.25, 0.3) is 5.91 Å². The molecule has 0 atom stereocenters.